The Bertz CT molecular complexity index is 2190. The first-order valence-corrected chi connectivity index (χ1v) is 18.5. The predicted octanol–water partition coefficient (Wildman–Crippen LogP) is 7.57. The minimum absolute atomic E-state index is 0.0425. The van der Waals surface area contributed by atoms with Gasteiger partial charge in [0.2, 0.25) is 5.88 Å². The highest BCUT2D eigenvalue weighted by Gasteiger charge is 2.43. The molecule has 8 rings (SSSR count). The van der Waals surface area contributed by atoms with E-state index >= 15 is 4.39 Å². The van der Waals surface area contributed by atoms with Crippen LogP contribution in [0.4, 0.5) is 24.7 Å². The SMILES string of the molecule is CN1CC[C@H]1COc1cc(N2C3CCC2CN(C(=O)O)C3)c2c3c(c(-c4ccc(F)c5sc(NC(=O)OC(C)(C)C)c(C#N)c45)c(Cl)c2n1)COC3. The number of nitrogens with one attached hydrogen (secondary N) is 1. The number of hydrogen-bond donors (Lipinski definition) is 2. The average Bonchev–Trinajstić information content (AvgIpc) is 3.77. The van der Waals surface area contributed by atoms with Crippen molar-refractivity contribution in [1.29, 1.82) is 5.26 Å². The van der Waals surface area contributed by atoms with Crippen LogP contribution in [0.3, 0.4) is 0 Å². The van der Waals surface area contributed by atoms with Gasteiger partial charge in [0, 0.05) is 53.6 Å². The Morgan fingerprint density at radius 2 is 1.90 bits per heavy atom. The molecule has 2 aromatic heterocycles. The van der Waals surface area contributed by atoms with Gasteiger partial charge in [-0.1, -0.05) is 17.7 Å². The van der Waals surface area contributed by atoms with E-state index in [0.29, 0.717) is 52.6 Å². The fourth-order valence-electron chi connectivity index (χ4n) is 8.04. The van der Waals surface area contributed by atoms with Crippen molar-refractivity contribution in [1.82, 2.24) is 14.8 Å². The number of piperazine rings is 1. The number of carbonyl (C=O) groups is 2. The molecule has 3 saturated heterocycles. The van der Waals surface area contributed by atoms with Crippen LogP contribution in [-0.4, -0.2) is 89.1 Å². The molecule has 4 aliphatic rings. The summed E-state index contributed by atoms with van der Waals surface area (Å²) in [6.07, 6.45) is 1.02. The summed E-state index contributed by atoms with van der Waals surface area (Å²) in [5.74, 6) is -0.147. The molecule has 0 spiro atoms. The number of carboxylic acid groups (broad SMARTS) is 1. The van der Waals surface area contributed by atoms with E-state index in [9.17, 15) is 20.0 Å². The number of nitrogens with zero attached hydrogens (tertiary/aromatic N) is 5. The van der Waals surface area contributed by atoms with Gasteiger partial charge >= 0.3 is 12.2 Å². The van der Waals surface area contributed by atoms with Crippen molar-refractivity contribution in [2.45, 2.75) is 77.0 Å². The van der Waals surface area contributed by atoms with E-state index in [1.165, 1.54) is 11.0 Å². The minimum atomic E-state index is -0.924. The van der Waals surface area contributed by atoms with Gasteiger partial charge in [-0.3, -0.25) is 10.2 Å². The average molecular weight is 749 g/mol. The highest BCUT2D eigenvalue weighted by Crippen LogP contribution is 2.51. The quantitative estimate of drug-likeness (QED) is 0.203. The molecule has 2 bridgehead atoms. The van der Waals surface area contributed by atoms with E-state index in [-0.39, 0.29) is 46.6 Å². The number of likely N-dealkylation sites (tertiary alicyclic amines) is 2. The second-order valence-electron chi connectivity index (χ2n) is 14.9. The van der Waals surface area contributed by atoms with Gasteiger partial charge < -0.3 is 29.1 Å². The first-order valence-electron chi connectivity index (χ1n) is 17.3. The first-order chi connectivity index (χ1) is 24.8. The van der Waals surface area contributed by atoms with Gasteiger partial charge in [-0.25, -0.2) is 19.0 Å². The zero-order chi connectivity index (χ0) is 36.6. The maximum Gasteiger partial charge on any atom is 0.412 e. The van der Waals surface area contributed by atoms with Crippen LogP contribution in [0.25, 0.3) is 32.1 Å². The number of anilines is 2. The molecule has 3 atom stereocenters. The fraction of sp³-hybridized carbons (Fsp3) is 0.459. The fourth-order valence-corrected chi connectivity index (χ4v) is 9.46. The Labute approximate surface area is 308 Å². The number of nitriles is 1. The molecule has 15 heteroatoms. The largest absolute Gasteiger partial charge is 0.476 e. The summed E-state index contributed by atoms with van der Waals surface area (Å²) in [5.41, 5.74) is 3.41. The number of halogens is 2. The number of carbonyl (C=O) groups excluding carboxylic acids is 1. The number of benzene rings is 2. The predicted molar refractivity (Wildman–Crippen MR) is 196 cm³/mol. The zero-order valence-corrected chi connectivity index (χ0v) is 30.8. The number of thiophene rings is 1. The molecule has 2 aromatic carbocycles. The maximum atomic E-state index is 15.5. The van der Waals surface area contributed by atoms with Crippen molar-refractivity contribution in [3.63, 3.8) is 0 Å². The van der Waals surface area contributed by atoms with Crippen LogP contribution in [0, 0.1) is 17.1 Å². The number of ether oxygens (including phenoxy) is 3. The summed E-state index contributed by atoms with van der Waals surface area (Å²) >= 11 is 8.43. The second kappa shape index (κ2) is 12.9. The van der Waals surface area contributed by atoms with E-state index in [1.54, 1.807) is 26.8 Å². The topological polar surface area (TPSA) is 140 Å². The van der Waals surface area contributed by atoms with Crippen molar-refractivity contribution in [2.75, 3.05) is 43.5 Å². The number of likely N-dealkylation sites (N-methyl/N-ethyl adjacent to an activating group) is 1. The van der Waals surface area contributed by atoms with E-state index in [2.05, 4.69) is 28.2 Å². The summed E-state index contributed by atoms with van der Waals surface area (Å²) in [6, 6.07) is 7.25. The van der Waals surface area contributed by atoms with Crippen LogP contribution in [0.5, 0.6) is 5.88 Å². The molecule has 52 heavy (non-hydrogen) atoms. The lowest BCUT2D eigenvalue weighted by Gasteiger charge is -2.42. The summed E-state index contributed by atoms with van der Waals surface area (Å²) in [7, 11) is 2.06. The molecular weight excluding hydrogens is 711 g/mol. The first kappa shape index (κ1) is 34.7. The van der Waals surface area contributed by atoms with Crippen molar-refractivity contribution in [3.8, 4) is 23.1 Å². The zero-order valence-electron chi connectivity index (χ0n) is 29.2. The van der Waals surface area contributed by atoms with Gasteiger partial charge in [0.1, 0.15) is 29.1 Å². The Balaban J connectivity index is 1.32. The molecule has 2 unspecified atom stereocenters. The molecular formula is C37H38ClFN6O6S. The molecule has 2 N–H and O–H groups in total. The summed E-state index contributed by atoms with van der Waals surface area (Å²) < 4.78 is 33.6. The van der Waals surface area contributed by atoms with Gasteiger partial charge in [-0.05, 0) is 76.4 Å². The van der Waals surface area contributed by atoms with Crippen LogP contribution >= 0.6 is 22.9 Å². The molecule has 4 aliphatic heterocycles. The third-order valence-electron chi connectivity index (χ3n) is 10.5. The van der Waals surface area contributed by atoms with Gasteiger partial charge in [-0.2, -0.15) is 5.26 Å². The van der Waals surface area contributed by atoms with E-state index in [1.807, 2.05) is 6.07 Å². The van der Waals surface area contributed by atoms with Gasteiger partial charge in [-0.15, -0.1) is 11.3 Å². The van der Waals surface area contributed by atoms with Crippen molar-refractivity contribution >= 4 is 66.8 Å². The van der Waals surface area contributed by atoms with Crippen molar-refractivity contribution < 1.29 is 33.3 Å². The van der Waals surface area contributed by atoms with Crippen LogP contribution in [0.15, 0.2) is 18.2 Å². The van der Waals surface area contributed by atoms with E-state index in [4.69, 9.17) is 30.8 Å². The standard InChI is InChI=1S/C37H38ClFN6O6S/c1-37(2,3)51-35(46)42-34-22(12-40)29-21(7-8-25(39)33(29)52-34)28-23-16-49-17-24(23)30-26(45-18-5-6-19(45)14-44(13-18)36(47)48)11-27(41-32(30)31(28)38)50-15-20-9-10-43(20)4/h7-8,11,18-20H,5-6,9-10,13-17H2,1-4H3,(H,42,46)(H,47,48)/t18?,19?,20-/m0/s1. The number of hydrogen-bond acceptors (Lipinski definition) is 10. The molecule has 3 fully saturated rings. The molecule has 0 radical (unpaired) electrons. The Hall–Kier alpha value is -4.42. The molecule has 6 heterocycles. The number of rotatable bonds is 6. The number of pyridine rings is 1. The Morgan fingerprint density at radius 3 is 2.54 bits per heavy atom. The summed E-state index contributed by atoms with van der Waals surface area (Å²) in [4.78, 5) is 35.8. The molecule has 0 saturated carbocycles. The van der Waals surface area contributed by atoms with Gasteiger partial charge in [0.25, 0.3) is 0 Å². The highest BCUT2D eigenvalue weighted by atomic mass is 35.5. The summed E-state index contributed by atoms with van der Waals surface area (Å²) in [6.45, 7) is 7.88. The third kappa shape index (κ3) is 5.84. The Morgan fingerprint density at radius 1 is 1.17 bits per heavy atom. The van der Waals surface area contributed by atoms with Gasteiger partial charge in [0.05, 0.1) is 39.7 Å². The van der Waals surface area contributed by atoms with E-state index in [0.717, 1.165) is 59.3 Å². The van der Waals surface area contributed by atoms with Gasteiger partial charge in [0.15, 0.2) is 0 Å². The molecule has 4 aromatic rings. The number of fused-ring (bicyclic) bond motifs is 6. The van der Waals surface area contributed by atoms with Crippen molar-refractivity contribution in [2.24, 2.45) is 0 Å². The Kier molecular flexibility index (Phi) is 8.60. The lowest BCUT2D eigenvalue weighted by Crippen LogP contribution is -2.55. The number of aromatic nitrogens is 1. The number of amides is 2. The monoisotopic (exact) mass is 748 g/mol. The van der Waals surface area contributed by atoms with Crippen LogP contribution in [0.2, 0.25) is 5.02 Å². The second-order valence-corrected chi connectivity index (χ2v) is 16.3. The minimum Gasteiger partial charge on any atom is -0.476 e. The molecule has 12 nitrogen and oxygen atoms in total. The lowest BCUT2D eigenvalue weighted by molar-refractivity contribution is 0.0636. The maximum absolute atomic E-state index is 15.5. The molecule has 2 amide bonds. The van der Waals surface area contributed by atoms with Crippen LogP contribution in [-0.2, 0) is 22.7 Å². The molecule has 272 valence electrons. The molecule has 0 aliphatic carbocycles. The van der Waals surface area contributed by atoms with Crippen molar-refractivity contribution in [3.05, 3.63) is 45.7 Å². The lowest BCUT2D eigenvalue weighted by atomic mass is 9.90. The van der Waals surface area contributed by atoms with E-state index < -0.39 is 23.6 Å². The van der Waals surface area contributed by atoms with Crippen LogP contribution in [0.1, 0.15) is 56.7 Å². The summed E-state index contributed by atoms with van der Waals surface area (Å²) in [5, 5.41) is 24.5. The third-order valence-corrected chi connectivity index (χ3v) is 12.0. The van der Waals surface area contributed by atoms with Crippen LogP contribution < -0.4 is 15.0 Å². The highest BCUT2D eigenvalue weighted by molar-refractivity contribution is 7.23. The smallest absolute Gasteiger partial charge is 0.412 e. The normalized spacial score (nSPS) is 21.3.